The first kappa shape index (κ1) is 27.3. The minimum absolute atomic E-state index is 0.103. The summed E-state index contributed by atoms with van der Waals surface area (Å²) in [7, 11) is 0. The van der Waals surface area contributed by atoms with Crippen LogP contribution in [0.3, 0.4) is 0 Å². The van der Waals surface area contributed by atoms with Crippen LogP contribution >= 0.6 is 46.4 Å². The van der Waals surface area contributed by atoms with Gasteiger partial charge in [-0.1, -0.05) is 52.5 Å². The van der Waals surface area contributed by atoms with E-state index in [9.17, 15) is 14.4 Å². The molecule has 0 heterocycles. The van der Waals surface area contributed by atoms with Crippen LogP contribution in [-0.2, 0) is 9.59 Å². The molecule has 0 fully saturated rings. The molecular formula is C24H17Cl4N3O5. The molecule has 0 bridgehead atoms. The molecule has 0 unspecified atom stereocenters. The second-order valence-corrected chi connectivity index (χ2v) is 8.54. The fourth-order valence-corrected chi connectivity index (χ4v) is 3.60. The molecule has 0 radical (unpaired) electrons. The van der Waals surface area contributed by atoms with Crippen LogP contribution < -0.4 is 20.2 Å². The van der Waals surface area contributed by atoms with Crippen LogP contribution in [0, 0.1) is 0 Å². The van der Waals surface area contributed by atoms with E-state index in [2.05, 4.69) is 15.8 Å². The smallest absolute Gasteiger partial charge is 0.345 e. The van der Waals surface area contributed by atoms with Crippen LogP contribution in [-0.4, -0.2) is 30.6 Å². The van der Waals surface area contributed by atoms with Gasteiger partial charge < -0.3 is 14.8 Å². The Bertz CT molecular complexity index is 1350. The van der Waals surface area contributed by atoms with E-state index >= 15 is 0 Å². The van der Waals surface area contributed by atoms with E-state index < -0.39 is 17.8 Å². The maximum atomic E-state index is 12.5. The molecule has 0 aliphatic heterocycles. The Kier molecular flexibility index (Phi) is 9.55. The zero-order valence-electron chi connectivity index (χ0n) is 18.5. The third kappa shape index (κ3) is 7.11. The van der Waals surface area contributed by atoms with Crippen molar-refractivity contribution >= 4 is 76.1 Å². The van der Waals surface area contributed by atoms with Gasteiger partial charge in [-0.15, -0.1) is 0 Å². The molecule has 3 rings (SSSR count). The van der Waals surface area contributed by atoms with E-state index in [0.29, 0.717) is 10.6 Å². The lowest BCUT2D eigenvalue weighted by atomic mass is 10.2. The van der Waals surface area contributed by atoms with Crippen molar-refractivity contribution in [3.63, 3.8) is 0 Å². The average molecular weight is 569 g/mol. The molecule has 0 saturated carbocycles. The number of carbonyl (C=O) groups is 3. The van der Waals surface area contributed by atoms with Gasteiger partial charge in [0.15, 0.2) is 11.5 Å². The number of nitrogens with zero attached hydrogens (tertiary/aromatic N) is 1. The number of benzene rings is 3. The molecule has 36 heavy (non-hydrogen) atoms. The summed E-state index contributed by atoms with van der Waals surface area (Å²) in [4.78, 5) is 36.7. The predicted molar refractivity (Wildman–Crippen MR) is 140 cm³/mol. The maximum absolute atomic E-state index is 12.5. The SMILES string of the molecule is CCOc1cc(/C=N/NC(=O)C(=O)Nc2cccc(Cl)c2Cl)ccc1OC(=O)c1ccc(Cl)cc1Cl. The van der Waals surface area contributed by atoms with Gasteiger partial charge in [0.2, 0.25) is 0 Å². The Balaban J connectivity index is 1.66. The van der Waals surface area contributed by atoms with Crippen LogP contribution in [0.1, 0.15) is 22.8 Å². The minimum atomic E-state index is -1.03. The number of hydrogen-bond acceptors (Lipinski definition) is 6. The number of carbonyl (C=O) groups excluding carboxylic acids is 3. The van der Waals surface area contributed by atoms with Crippen molar-refractivity contribution in [2.45, 2.75) is 6.92 Å². The fourth-order valence-electron chi connectivity index (χ4n) is 2.76. The van der Waals surface area contributed by atoms with Gasteiger partial charge in [-0.25, -0.2) is 10.2 Å². The molecule has 3 aromatic rings. The fraction of sp³-hybridized carbons (Fsp3) is 0.0833. The van der Waals surface area contributed by atoms with Crippen molar-refractivity contribution in [3.05, 3.63) is 85.8 Å². The van der Waals surface area contributed by atoms with Crippen LogP contribution in [0.2, 0.25) is 20.1 Å². The average Bonchev–Trinajstić information content (AvgIpc) is 2.83. The molecule has 0 aromatic heterocycles. The van der Waals surface area contributed by atoms with E-state index in [4.69, 9.17) is 55.9 Å². The lowest BCUT2D eigenvalue weighted by molar-refractivity contribution is -0.136. The quantitative estimate of drug-likeness (QED) is 0.119. The molecule has 2 N–H and O–H groups in total. The maximum Gasteiger partial charge on any atom is 0.345 e. The van der Waals surface area contributed by atoms with Gasteiger partial charge in [-0.2, -0.15) is 5.10 Å². The highest BCUT2D eigenvalue weighted by Gasteiger charge is 2.17. The van der Waals surface area contributed by atoms with Crippen LogP contribution in [0.4, 0.5) is 5.69 Å². The molecule has 8 nitrogen and oxygen atoms in total. The molecule has 2 amide bonds. The Labute approximate surface area is 226 Å². The molecule has 186 valence electrons. The number of ether oxygens (including phenoxy) is 2. The third-order valence-corrected chi connectivity index (χ3v) is 5.77. The van der Waals surface area contributed by atoms with E-state index in [1.807, 2.05) is 0 Å². The number of halogens is 4. The van der Waals surface area contributed by atoms with Crippen LogP contribution in [0.15, 0.2) is 59.7 Å². The summed E-state index contributed by atoms with van der Waals surface area (Å²) in [5.41, 5.74) is 2.91. The van der Waals surface area contributed by atoms with Crippen molar-refractivity contribution in [1.82, 2.24) is 5.43 Å². The van der Waals surface area contributed by atoms with E-state index in [-0.39, 0.29) is 44.4 Å². The summed E-state index contributed by atoms with van der Waals surface area (Å²) >= 11 is 23.8. The van der Waals surface area contributed by atoms with Crippen LogP contribution in [0.5, 0.6) is 11.5 Å². The van der Waals surface area contributed by atoms with Crippen LogP contribution in [0.25, 0.3) is 0 Å². The molecule has 0 saturated heterocycles. The monoisotopic (exact) mass is 567 g/mol. The number of rotatable bonds is 7. The summed E-state index contributed by atoms with van der Waals surface area (Å²) in [6.07, 6.45) is 1.28. The third-order valence-electron chi connectivity index (χ3n) is 4.41. The largest absolute Gasteiger partial charge is 0.490 e. The molecule has 12 heteroatoms. The Morgan fingerprint density at radius 2 is 1.69 bits per heavy atom. The highest BCUT2D eigenvalue weighted by Crippen LogP contribution is 2.31. The molecule has 0 aliphatic carbocycles. The lowest BCUT2D eigenvalue weighted by Gasteiger charge is -2.12. The first-order valence-electron chi connectivity index (χ1n) is 10.2. The Morgan fingerprint density at radius 1 is 0.917 bits per heavy atom. The highest BCUT2D eigenvalue weighted by atomic mass is 35.5. The summed E-state index contributed by atoms with van der Waals surface area (Å²) in [6.45, 7) is 2.04. The standard InChI is InChI=1S/C24H17Cl4N3O5/c1-2-35-20-10-13(6-9-19(20)36-24(34)15-8-7-14(25)11-17(15)27)12-29-31-23(33)22(32)30-18-5-3-4-16(26)21(18)28/h3-12H,2H2,1H3,(H,30,32)(H,31,33)/b29-12+. The van der Waals surface area contributed by atoms with Gasteiger partial charge >= 0.3 is 17.8 Å². The van der Waals surface area contributed by atoms with Crippen molar-refractivity contribution in [3.8, 4) is 11.5 Å². The number of esters is 1. The van der Waals surface area contributed by atoms with Crippen molar-refractivity contribution in [1.29, 1.82) is 0 Å². The van der Waals surface area contributed by atoms with Crippen molar-refractivity contribution < 1.29 is 23.9 Å². The highest BCUT2D eigenvalue weighted by molar-refractivity contribution is 6.45. The topological polar surface area (TPSA) is 106 Å². The molecular weight excluding hydrogens is 552 g/mol. The summed E-state index contributed by atoms with van der Waals surface area (Å²) in [5.74, 6) is -2.32. The minimum Gasteiger partial charge on any atom is -0.490 e. The number of nitrogens with one attached hydrogen (secondary N) is 2. The molecule has 0 spiro atoms. The molecule has 0 aliphatic rings. The summed E-state index contributed by atoms with van der Waals surface area (Å²) in [6, 6.07) is 13.6. The van der Waals surface area contributed by atoms with Gasteiger partial charge in [-0.05, 0) is 61.0 Å². The van der Waals surface area contributed by atoms with Crippen molar-refractivity contribution in [2.75, 3.05) is 11.9 Å². The van der Waals surface area contributed by atoms with Gasteiger partial charge in [0.25, 0.3) is 0 Å². The zero-order valence-corrected chi connectivity index (χ0v) is 21.5. The first-order chi connectivity index (χ1) is 17.2. The Hall–Kier alpha value is -3.30. The zero-order chi connectivity index (χ0) is 26.2. The van der Waals surface area contributed by atoms with E-state index in [1.54, 1.807) is 25.1 Å². The van der Waals surface area contributed by atoms with Gasteiger partial charge in [0, 0.05) is 5.02 Å². The number of hydrogen-bond donors (Lipinski definition) is 2. The normalized spacial score (nSPS) is 10.7. The predicted octanol–water partition coefficient (Wildman–Crippen LogP) is 6.01. The van der Waals surface area contributed by atoms with Crippen molar-refractivity contribution in [2.24, 2.45) is 5.10 Å². The molecule has 3 aromatic carbocycles. The number of hydrazone groups is 1. The van der Waals surface area contributed by atoms with Gasteiger partial charge in [0.1, 0.15) is 0 Å². The van der Waals surface area contributed by atoms with E-state index in [0.717, 1.165) is 0 Å². The number of anilines is 1. The second kappa shape index (κ2) is 12.6. The lowest BCUT2D eigenvalue weighted by Crippen LogP contribution is -2.32. The van der Waals surface area contributed by atoms with Gasteiger partial charge in [0.05, 0.1) is 39.1 Å². The number of amides is 2. The Morgan fingerprint density at radius 3 is 2.42 bits per heavy atom. The van der Waals surface area contributed by atoms with E-state index in [1.165, 1.54) is 42.6 Å². The summed E-state index contributed by atoms with van der Waals surface area (Å²) in [5, 5.41) is 6.97. The van der Waals surface area contributed by atoms with Gasteiger partial charge in [-0.3, -0.25) is 9.59 Å². The second-order valence-electron chi connectivity index (χ2n) is 6.91. The summed E-state index contributed by atoms with van der Waals surface area (Å²) < 4.78 is 11.0. The molecule has 0 atom stereocenters. The first-order valence-corrected chi connectivity index (χ1v) is 11.7.